The molecule has 3 aromatic rings. The highest BCUT2D eigenvalue weighted by Gasteiger charge is 2.27. The van der Waals surface area contributed by atoms with Crippen LogP contribution in [0.4, 0.5) is 0 Å². The van der Waals surface area contributed by atoms with E-state index in [1.165, 1.54) is 48.6 Å². The fourth-order valence-electron chi connectivity index (χ4n) is 6.46. The highest BCUT2D eigenvalue weighted by atomic mass is 35.5. The Morgan fingerprint density at radius 1 is 1.00 bits per heavy atom. The molecule has 0 saturated heterocycles. The third kappa shape index (κ3) is 6.30. The van der Waals surface area contributed by atoms with Crippen molar-refractivity contribution >= 4 is 29.1 Å². The number of carbonyl (C=O) groups is 1. The number of nitrogens with zero attached hydrogens (tertiary/aromatic N) is 1. The number of rotatable bonds is 8. The second-order valence-electron chi connectivity index (χ2n) is 11.0. The van der Waals surface area contributed by atoms with Crippen molar-refractivity contribution in [2.45, 2.75) is 89.1 Å². The maximum atomic E-state index is 13.4. The van der Waals surface area contributed by atoms with Crippen LogP contribution in [0.2, 0.25) is 0 Å². The Bertz CT molecular complexity index is 1200. The SMILES string of the molecule is Cl.NC1CCC(CC(=O)CC(c2cc[nH]c(=O)c2)c2cn(CC3CCCCC3)c3ccccc23)CC1. The van der Waals surface area contributed by atoms with Gasteiger partial charge in [-0.25, -0.2) is 0 Å². The molecule has 0 spiro atoms. The molecule has 5 rings (SSSR count). The van der Waals surface area contributed by atoms with Crippen LogP contribution >= 0.6 is 12.4 Å². The number of carbonyl (C=O) groups excluding carboxylic acids is 1. The Labute approximate surface area is 220 Å². The highest BCUT2D eigenvalue weighted by molar-refractivity contribution is 5.87. The number of pyridine rings is 1. The normalized spacial score (nSPS) is 21.7. The van der Waals surface area contributed by atoms with Crippen LogP contribution in [0.15, 0.2) is 53.6 Å². The molecular weight excluding hydrogens is 470 g/mol. The number of benzene rings is 1. The summed E-state index contributed by atoms with van der Waals surface area (Å²) in [5.41, 5.74) is 9.28. The molecule has 6 heteroatoms. The first-order valence-corrected chi connectivity index (χ1v) is 13.6. The second kappa shape index (κ2) is 12.2. The highest BCUT2D eigenvalue weighted by Crippen LogP contribution is 2.37. The first-order valence-electron chi connectivity index (χ1n) is 13.6. The summed E-state index contributed by atoms with van der Waals surface area (Å²) in [6.45, 7) is 1.03. The lowest BCUT2D eigenvalue weighted by atomic mass is 9.80. The lowest BCUT2D eigenvalue weighted by Crippen LogP contribution is -2.27. The van der Waals surface area contributed by atoms with Gasteiger partial charge in [0.1, 0.15) is 5.78 Å². The van der Waals surface area contributed by atoms with Crippen molar-refractivity contribution in [3.63, 3.8) is 0 Å². The van der Waals surface area contributed by atoms with Gasteiger partial charge in [0.15, 0.2) is 0 Å². The number of Topliss-reactive ketones (excluding diaryl/α,β-unsaturated/α-hetero) is 1. The molecule has 0 radical (unpaired) electrons. The Morgan fingerprint density at radius 2 is 1.75 bits per heavy atom. The number of para-hydroxylation sites is 1. The van der Waals surface area contributed by atoms with E-state index in [4.69, 9.17) is 5.73 Å². The molecule has 194 valence electrons. The second-order valence-corrected chi connectivity index (χ2v) is 11.0. The van der Waals surface area contributed by atoms with Crippen molar-refractivity contribution in [2.24, 2.45) is 17.6 Å². The standard InChI is InChI=1S/C30H39N3O2.ClH/c31-24-12-10-21(11-13-24)16-25(34)18-27(23-14-15-32-30(35)17-23)28-20-33(19-22-6-2-1-3-7-22)29-9-5-4-8-26(28)29;/h4-5,8-9,14-15,17,20-22,24,27H,1-3,6-7,10-13,16,18-19,31H2,(H,32,35);1H. The number of hydrogen-bond acceptors (Lipinski definition) is 3. The van der Waals surface area contributed by atoms with E-state index in [0.29, 0.717) is 36.5 Å². The van der Waals surface area contributed by atoms with E-state index < -0.39 is 0 Å². The smallest absolute Gasteiger partial charge is 0.248 e. The maximum absolute atomic E-state index is 13.4. The van der Waals surface area contributed by atoms with E-state index in [2.05, 4.69) is 40.0 Å². The average Bonchev–Trinajstić information content (AvgIpc) is 3.23. The van der Waals surface area contributed by atoms with Gasteiger partial charge >= 0.3 is 0 Å². The number of ketones is 1. The molecule has 2 fully saturated rings. The van der Waals surface area contributed by atoms with Gasteiger partial charge in [0.05, 0.1) is 0 Å². The van der Waals surface area contributed by atoms with Crippen molar-refractivity contribution in [2.75, 3.05) is 0 Å². The van der Waals surface area contributed by atoms with E-state index in [0.717, 1.165) is 37.8 Å². The van der Waals surface area contributed by atoms with E-state index in [1.807, 2.05) is 6.07 Å². The lowest BCUT2D eigenvalue weighted by Gasteiger charge is -2.26. The quantitative estimate of drug-likeness (QED) is 0.372. The lowest BCUT2D eigenvalue weighted by molar-refractivity contribution is -0.120. The molecule has 2 aliphatic rings. The van der Waals surface area contributed by atoms with E-state index in [1.54, 1.807) is 12.3 Å². The number of nitrogens with two attached hydrogens (primary N) is 1. The Balaban J connectivity index is 0.00000304. The van der Waals surface area contributed by atoms with Crippen LogP contribution in [0.5, 0.6) is 0 Å². The third-order valence-corrected chi connectivity index (χ3v) is 8.42. The monoisotopic (exact) mass is 509 g/mol. The number of aromatic amines is 1. The number of aromatic nitrogens is 2. The zero-order valence-electron chi connectivity index (χ0n) is 21.2. The summed E-state index contributed by atoms with van der Waals surface area (Å²) >= 11 is 0. The summed E-state index contributed by atoms with van der Waals surface area (Å²) < 4.78 is 2.41. The van der Waals surface area contributed by atoms with E-state index in [9.17, 15) is 9.59 Å². The summed E-state index contributed by atoms with van der Waals surface area (Å²) in [6, 6.07) is 12.5. The predicted octanol–water partition coefficient (Wildman–Crippen LogP) is 6.33. The predicted molar refractivity (Wildman–Crippen MR) is 149 cm³/mol. The molecule has 0 aliphatic heterocycles. The summed E-state index contributed by atoms with van der Waals surface area (Å²) in [5, 5.41) is 1.20. The minimum atomic E-state index is -0.118. The molecule has 2 aliphatic carbocycles. The Morgan fingerprint density at radius 3 is 2.50 bits per heavy atom. The van der Waals surface area contributed by atoms with Crippen molar-refractivity contribution in [1.29, 1.82) is 0 Å². The molecule has 3 N–H and O–H groups in total. The largest absolute Gasteiger partial charge is 0.347 e. The van der Waals surface area contributed by atoms with Crippen LogP contribution in [-0.4, -0.2) is 21.4 Å². The summed E-state index contributed by atoms with van der Waals surface area (Å²) in [4.78, 5) is 28.3. The van der Waals surface area contributed by atoms with Crippen LogP contribution in [0, 0.1) is 11.8 Å². The summed E-state index contributed by atoms with van der Waals surface area (Å²) in [7, 11) is 0. The number of fused-ring (bicyclic) bond motifs is 1. The number of nitrogens with one attached hydrogen (secondary N) is 1. The molecule has 0 amide bonds. The van der Waals surface area contributed by atoms with E-state index in [-0.39, 0.29) is 23.9 Å². The van der Waals surface area contributed by atoms with Crippen molar-refractivity contribution < 1.29 is 4.79 Å². The van der Waals surface area contributed by atoms with Crippen LogP contribution < -0.4 is 11.3 Å². The zero-order chi connectivity index (χ0) is 24.2. The summed E-state index contributed by atoms with van der Waals surface area (Å²) in [5.74, 6) is 1.33. The topological polar surface area (TPSA) is 80.9 Å². The van der Waals surface area contributed by atoms with Crippen molar-refractivity contribution in [3.8, 4) is 0 Å². The van der Waals surface area contributed by atoms with Crippen LogP contribution in [0.1, 0.15) is 87.7 Å². The van der Waals surface area contributed by atoms with Gasteiger partial charge < -0.3 is 15.3 Å². The first-order chi connectivity index (χ1) is 17.1. The van der Waals surface area contributed by atoms with Crippen molar-refractivity contribution in [3.05, 3.63) is 70.3 Å². The first kappa shape index (κ1) is 26.7. The third-order valence-electron chi connectivity index (χ3n) is 8.42. The van der Waals surface area contributed by atoms with Crippen LogP contribution in [0.3, 0.4) is 0 Å². The number of hydrogen-bond donors (Lipinski definition) is 2. The van der Waals surface area contributed by atoms with E-state index >= 15 is 0 Å². The molecule has 2 aromatic heterocycles. The summed E-state index contributed by atoms with van der Waals surface area (Å²) in [6.07, 6.45) is 15.8. The molecule has 1 unspecified atom stereocenters. The minimum Gasteiger partial charge on any atom is -0.347 e. The van der Waals surface area contributed by atoms with Gasteiger partial charge in [-0.15, -0.1) is 12.4 Å². The number of halogens is 1. The van der Waals surface area contributed by atoms with Gasteiger partial charge in [0.25, 0.3) is 0 Å². The maximum Gasteiger partial charge on any atom is 0.248 e. The van der Waals surface area contributed by atoms with Gasteiger partial charge in [-0.1, -0.05) is 37.5 Å². The van der Waals surface area contributed by atoms with Gasteiger partial charge in [0, 0.05) is 60.7 Å². The molecular formula is C30H40ClN3O2. The molecule has 5 nitrogen and oxygen atoms in total. The zero-order valence-corrected chi connectivity index (χ0v) is 22.0. The van der Waals surface area contributed by atoms with Crippen molar-refractivity contribution in [1.82, 2.24) is 9.55 Å². The minimum absolute atomic E-state index is 0. The molecule has 1 atom stereocenters. The molecule has 0 bridgehead atoms. The Kier molecular flexibility index (Phi) is 9.08. The van der Waals surface area contributed by atoms with Crippen LogP contribution in [0.25, 0.3) is 10.9 Å². The van der Waals surface area contributed by atoms with Gasteiger partial charge in [-0.2, -0.15) is 0 Å². The van der Waals surface area contributed by atoms with Crippen LogP contribution in [-0.2, 0) is 11.3 Å². The van der Waals surface area contributed by atoms with Gasteiger partial charge in [-0.3, -0.25) is 9.59 Å². The molecule has 2 saturated carbocycles. The Hall–Kier alpha value is -2.37. The number of H-pyrrole nitrogens is 1. The molecule has 1 aromatic carbocycles. The fraction of sp³-hybridized carbons (Fsp3) is 0.533. The van der Waals surface area contributed by atoms with Gasteiger partial charge in [-0.05, 0) is 73.6 Å². The molecule has 2 heterocycles. The fourth-order valence-corrected chi connectivity index (χ4v) is 6.46. The molecule has 36 heavy (non-hydrogen) atoms. The average molecular weight is 510 g/mol. The van der Waals surface area contributed by atoms with Gasteiger partial charge in [0.2, 0.25) is 5.56 Å².